The van der Waals surface area contributed by atoms with Crippen molar-refractivity contribution in [3.8, 4) is 17.1 Å². The van der Waals surface area contributed by atoms with Crippen molar-refractivity contribution in [3.63, 3.8) is 0 Å². The Morgan fingerprint density at radius 2 is 2.13 bits per heavy atom. The van der Waals surface area contributed by atoms with Gasteiger partial charge in [0, 0.05) is 15.6 Å². The fourth-order valence-electron chi connectivity index (χ4n) is 2.12. The fourth-order valence-corrected chi connectivity index (χ4v) is 2.68. The number of phenols is 1. The molecule has 1 heterocycles. The van der Waals surface area contributed by atoms with Crippen molar-refractivity contribution in [1.82, 2.24) is 14.9 Å². The highest BCUT2D eigenvalue weighted by Gasteiger charge is 2.08. The molecule has 0 aliphatic carbocycles. The normalized spacial score (nSPS) is 11.2. The summed E-state index contributed by atoms with van der Waals surface area (Å²) in [5.74, 6) is 0.758. The van der Waals surface area contributed by atoms with E-state index in [0.29, 0.717) is 16.2 Å². The van der Waals surface area contributed by atoms with Crippen LogP contribution in [0, 0.1) is 11.7 Å². The maximum atomic E-state index is 9.88. The van der Waals surface area contributed by atoms with E-state index in [1.54, 1.807) is 24.4 Å². The maximum absolute atomic E-state index is 9.88. The van der Waals surface area contributed by atoms with E-state index in [1.807, 2.05) is 31.2 Å². The van der Waals surface area contributed by atoms with E-state index >= 15 is 0 Å². The zero-order valence-corrected chi connectivity index (χ0v) is 14.6. The minimum Gasteiger partial charge on any atom is -0.507 e. The van der Waals surface area contributed by atoms with Crippen molar-refractivity contribution in [2.24, 2.45) is 5.10 Å². The van der Waals surface area contributed by atoms with Gasteiger partial charge in [0.1, 0.15) is 5.75 Å². The first-order chi connectivity index (χ1) is 11.0. The van der Waals surface area contributed by atoms with Crippen LogP contribution in [0.4, 0.5) is 0 Å². The van der Waals surface area contributed by atoms with Gasteiger partial charge >= 0.3 is 0 Å². The summed E-state index contributed by atoms with van der Waals surface area (Å²) < 4.78 is 2.77. The van der Waals surface area contributed by atoms with E-state index < -0.39 is 0 Å². The van der Waals surface area contributed by atoms with Crippen LogP contribution in [0.25, 0.3) is 11.4 Å². The van der Waals surface area contributed by atoms with Crippen LogP contribution in [-0.2, 0) is 0 Å². The van der Waals surface area contributed by atoms with Crippen molar-refractivity contribution < 1.29 is 5.11 Å². The SMILES string of the molecule is Cc1cccc(-c2n[nH]c(=S)n2/N=C/c2cc(Br)ccc2O)c1. The molecule has 1 aromatic heterocycles. The number of phenolic OH excluding ortho intramolecular Hbond substituents is 1. The first-order valence-corrected chi connectivity index (χ1v) is 8.02. The molecule has 0 radical (unpaired) electrons. The molecule has 7 heteroatoms. The van der Waals surface area contributed by atoms with Crippen molar-refractivity contribution >= 4 is 34.4 Å². The molecule has 0 aliphatic rings. The van der Waals surface area contributed by atoms with Crippen LogP contribution < -0.4 is 0 Å². The van der Waals surface area contributed by atoms with Crippen LogP contribution in [0.2, 0.25) is 0 Å². The van der Waals surface area contributed by atoms with E-state index in [1.165, 1.54) is 4.68 Å². The molecule has 0 aliphatic heterocycles. The standard InChI is InChI=1S/C16H13BrN4OS/c1-10-3-2-4-11(7-10)15-19-20-16(23)21(15)18-9-12-8-13(17)5-6-14(12)22/h2-9,22H,1H3,(H,20,23)/b18-9+. The number of aromatic amines is 1. The highest BCUT2D eigenvalue weighted by atomic mass is 79.9. The largest absolute Gasteiger partial charge is 0.507 e. The molecule has 23 heavy (non-hydrogen) atoms. The van der Waals surface area contributed by atoms with Gasteiger partial charge in [-0.2, -0.15) is 14.9 Å². The zero-order chi connectivity index (χ0) is 16.4. The van der Waals surface area contributed by atoms with Crippen LogP contribution >= 0.6 is 28.1 Å². The third-order valence-corrected chi connectivity index (χ3v) is 3.99. The Hall–Kier alpha value is -2.25. The summed E-state index contributed by atoms with van der Waals surface area (Å²) in [5, 5.41) is 21.2. The number of nitrogens with zero attached hydrogens (tertiary/aromatic N) is 3. The molecule has 0 atom stereocenters. The van der Waals surface area contributed by atoms with Gasteiger partial charge in [0.2, 0.25) is 4.77 Å². The number of H-pyrrole nitrogens is 1. The van der Waals surface area contributed by atoms with Crippen LogP contribution in [-0.4, -0.2) is 26.2 Å². The lowest BCUT2D eigenvalue weighted by Crippen LogP contribution is -1.95. The highest BCUT2D eigenvalue weighted by Crippen LogP contribution is 2.21. The molecule has 0 fully saturated rings. The predicted octanol–water partition coefficient (Wildman–Crippen LogP) is 4.27. The number of hydrogen-bond acceptors (Lipinski definition) is 4. The lowest BCUT2D eigenvalue weighted by atomic mass is 10.1. The molecule has 5 nitrogen and oxygen atoms in total. The van der Waals surface area contributed by atoms with Gasteiger partial charge in [-0.25, -0.2) is 5.10 Å². The number of benzene rings is 2. The van der Waals surface area contributed by atoms with E-state index in [4.69, 9.17) is 12.2 Å². The number of aryl methyl sites for hydroxylation is 1. The number of rotatable bonds is 3. The molecule has 116 valence electrons. The molecule has 0 spiro atoms. The maximum Gasteiger partial charge on any atom is 0.216 e. The predicted molar refractivity (Wildman–Crippen MR) is 96.4 cm³/mol. The second kappa shape index (κ2) is 6.47. The Labute approximate surface area is 146 Å². The van der Waals surface area contributed by atoms with Gasteiger partial charge in [0.25, 0.3) is 0 Å². The molecule has 0 amide bonds. The summed E-state index contributed by atoms with van der Waals surface area (Å²) in [7, 11) is 0. The Bertz CT molecular complexity index is 945. The van der Waals surface area contributed by atoms with Gasteiger partial charge in [-0.3, -0.25) is 0 Å². The van der Waals surface area contributed by atoms with Gasteiger partial charge in [0.05, 0.1) is 6.21 Å². The summed E-state index contributed by atoms with van der Waals surface area (Å²) in [5.41, 5.74) is 2.61. The number of hydrogen-bond donors (Lipinski definition) is 2. The molecule has 0 saturated carbocycles. The van der Waals surface area contributed by atoms with Crippen molar-refractivity contribution in [1.29, 1.82) is 0 Å². The Morgan fingerprint density at radius 3 is 2.91 bits per heavy atom. The molecule has 3 rings (SSSR count). The Morgan fingerprint density at radius 1 is 1.30 bits per heavy atom. The second-order valence-corrected chi connectivity index (χ2v) is 6.28. The topological polar surface area (TPSA) is 66.2 Å². The van der Waals surface area contributed by atoms with E-state index in [2.05, 4.69) is 31.2 Å². The quantitative estimate of drug-likeness (QED) is 0.520. The summed E-state index contributed by atoms with van der Waals surface area (Å²) in [4.78, 5) is 0. The summed E-state index contributed by atoms with van der Waals surface area (Å²) >= 11 is 8.61. The minimum absolute atomic E-state index is 0.143. The van der Waals surface area contributed by atoms with Crippen molar-refractivity contribution in [2.75, 3.05) is 0 Å². The first kappa shape index (κ1) is 15.6. The average molecular weight is 389 g/mol. The van der Waals surface area contributed by atoms with Gasteiger partial charge < -0.3 is 5.11 Å². The van der Waals surface area contributed by atoms with Crippen LogP contribution in [0.5, 0.6) is 5.75 Å². The lowest BCUT2D eigenvalue weighted by Gasteiger charge is -2.03. The number of nitrogens with one attached hydrogen (secondary N) is 1. The van der Waals surface area contributed by atoms with E-state index in [9.17, 15) is 5.11 Å². The number of halogens is 1. The molecule has 0 saturated heterocycles. The molecular weight excluding hydrogens is 376 g/mol. The second-order valence-electron chi connectivity index (χ2n) is 4.98. The number of aromatic nitrogens is 3. The third kappa shape index (κ3) is 3.40. The Balaban J connectivity index is 2.04. The lowest BCUT2D eigenvalue weighted by molar-refractivity contribution is 0.474. The minimum atomic E-state index is 0.143. The molecular formula is C16H13BrN4OS. The van der Waals surface area contributed by atoms with Crippen molar-refractivity contribution in [2.45, 2.75) is 6.92 Å². The molecule has 2 N–H and O–H groups in total. The highest BCUT2D eigenvalue weighted by molar-refractivity contribution is 9.10. The van der Waals surface area contributed by atoms with Gasteiger partial charge in [-0.1, -0.05) is 39.7 Å². The van der Waals surface area contributed by atoms with Gasteiger partial charge in [-0.05, 0) is 43.4 Å². The van der Waals surface area contributed by atoms with Crippen LogP contribution in [0.15, 0.2) is 52.0 Å². The summed E-state index contributed by atoms with van der Waals surface area (Å²) in [6.45, 7) is 2.01. The fraction of sp³-hybridized carbons (Fsp3) is 0.0625. The molecule has 3 aromatic rings. The summed E-state index contributed by atoms with van der Waals surface area (Å²) in [6.07, 6.45) is 1.55. The average Bonchev–Trinajstić information content (AvgIpc) is 2.89. The molecule has 0 bridgehead atoms. The number of aromatic hydroxyl groups is 1. The van der Waals surface area contributed by atoms with Gasteiger partial charge in [-0.15, -0.1) is 0 Å². The third-order valence-electron chi connectivity index (χ3n) is 3.23. The van der Waals surface area contributed by atoms with E-state index in [-0.39, 0.29) is 5.75 Å². The smallest absolute Gasteiger partial charge is 0.216 e. The van der Waals surface area contributed by atoms with E-state index in [0.717, 1.165) is 15.6 Å². The zero-order valence-electron chi connectivity index (χ0n) is 12.2. The molecule has 0 unspecified atom stereocenters. The van der Waals surface area contributed by atoms with Gasteiger partial charge in [0.15, 0.2) is 5.82 Å². The van der Waals surface area contributed by atoms with Crippen LogP contribution in [0.1, 0.15) is 11.1 Å². The molecule has 2 aromatic carbocycles. The summed E-state index contributed by atoms with van der Waals surface area (Å²) in [6, 6.07) is 13.0. The first-order valence-electron chi connectivity index (χ1n) is 6.82. The monoisotopic (exact) mass is 388 g/mol. The Kier molecular flexibility index (Phi) is 4.40. The van der Waals surface area contributed by atoms with Crippen molar-refractivity contribution in [3.05, 3.63) is 62.8 Å². The van der Waals surface area contributed by atoms with Crippen LogP contribution in [0.3, 0.4) is 0 Å².